The first-order valence-electron chi connectivity index (χ1n) is 5.36. The molecule has 2 rings (SSSR count). The first-order chi connectivity index (χ1) is 7.65. The van der Waals surface area contributed by atoms with Gasteiger partial charge in [-0.25, -0.2) is 0 Å². The Bertz CT molecular complexity index is 364. The Kier molecular flexibility index (Phi) is 4.00. The molecule has 1 aromatic carbocycles. The second kappa shape index (κ2) is 5.30. The number of thioether (sulfide) groups is 1. The Morgan fingerprint density at radius 2 is 2.31 bits per heavy atom. The van der Waals surface area contributed by atoms with Crippen LogP contribution < -0.4 is 4.74 Å². The summed E-state index contributed by atoms with van der Waals surface area (Å²) in [5, 5.41) is 9.92. The molecule has 1 N–H and O–H groups in total. The number of aliphatic hydroxyl groups is 1. The fraction of sp³-hybridized carbons (Fsp3) is 0.500. The van der Waals surface area contributed by atoms with Gasteiger partial charge in [-0.3, -0.25) is 0 Å². The van der Waals surface area contributed by atoms with E-state index < -0.39 is 0 Å². The second-order valence-electron chi connectivity index (χ2n) is 4.10. The Balaban J connectivity index is 2.03. The van der Waals surface area contributed by atoms with E-state index in [4.69, 9.17) is 16.3 Å². The number of rotatable bonds is 4. The number of hydrogen-bond acceptors (Lipinski definition) is 3. The van der Waals surface area contributed by atoms with Crippen LogP contribution in [-0.4, -0.2) is 28.8 Å². The van der Waals surface area contributed by atoms with Crippen molar-refractivity contribution in [2.75, 3.05) is 11.5 Å². The summed E-state index contributed by atoms with van der Waals surface area (Å²) in [7, 11) is 0. The van der Waals surface area contributed by atoms with Crippen molar-refractivity contribution in [3.05, 3.63) is 28.8 Å². The van der Waals surface area contributed by atoms with E-state index in [1.807, 2.05) is 30.0 Å². The van der Waals surface area contributed by atoms with Crippen molar-refractivity contribution in [1.29, 1.82) is 0 Å². The van der Waals surface area contributed by atoms with Crippen LogP contribution in [0.1, 0.15) is 12.5 Å². The van der Waals surface area contributed by atoms with E-state index in [9.17, 15) is 5.11 Å². The van der Waals surface area contributed by atoms with Gasteiger partial charge in [0, 0.05) is 11.5 Å². The highest BCUT2D eigenvalue weighted by molar-refractivity contribution is 8.00. The molecule has 1 saturated heterocycles. The molecule has 1 aliphatic heterocycles. The van der Waals surface area contributed by atoms with Gasteiger partial charge in [-0.15, -0.1) is 0 Å². The summed E-state index contributed by atoms with van der Waals surface area (Å²) >= 11 is 8.01. The van der Waals surface area contributed by atoms with E-state index in [1.165, 1.54) is 0 Å². The predicted molar refractivity (Wildman–Crippen MR) is 68.6 cm³/mol. The van der Waals surface area contributed by atoms with Gasteiger partial charge >= 0.3 is 0 Å². The molecule has 16 heavy (non-hydrogen) atoms. The normalized spacial score (nSPS) is 17.9. The molecule has 1 heterocycles. The molecule has 2 nitrogen and oxygen atoms in total. The standard InChI is InChI=1S/C12H15ClO2S/c1-8(14)4-9-2-3-12(11(13)5-9)15-10-6-16-7-10/h2-3,5,8,10,14H,4,6-7H2,1H3. The zero-order valence-corrected chi connectivity index (χ0v) is 10.7. The Morgan fingerprint density at radius 1 is 1.56 bits per heavy atom. The average Bonchev–Trinajstić information content (AvgIpc) is 2.12. The highest BCUT2D eigenvalue weighted by Gasteiger charge is 2.20. The quantitative estimate of drug-likeness (QED) is 0.901. The molecule has 0 radical (unpaired) electrons. The highest BCUT2D eigenvalue weighted by atomic mass is 35.5. The van der Waals surface area contributed by atoms with Gasteiger partial charge in [0.1, 0.15) is 11.9 Å². The maximum absolute atomic E-state index is 9.28. The third-order valence-corrected chi connectivity index (χ3v) is 3.94. The summed E-state index contributed by atoms with van der Waals surface area (Å²) in [5.41, 5.74) is 1.04. The predicted octanol–water partition coefficient (Wildman–Crippen LogP) is 2.76. The van der Waals surface area contributed by atoms with Crippen LogP contribution in [0.15, 0.2) is 18.2 Å². The van der Waals surface area contributed by atoms with Crippen molar-refractivity contribution in [3.8, 4) is 5.75 Å². The van der Waals surface area contributed by atoms with Crippen molar-refractivity contribution in [2.24, 2.45) is 0 Å². The van der Waals surface area contributed by atoms with E-state index in [0.29, 0.717) is 17.5 Å². The molecule has 1 atom stereocenters. The third kappa shape index (κ3) is 3.06. The minimum absolute atomic E-state index is 0.310. The molecular weight excluding hydrogens is 244 g/mol. The van der Waals surface area contributed by atoms with Gasteiger partial charge in [0.2, 0.25) is 0 Å². The van der Waals surface area contributed by atoms with Gasteiger partial charge in [-0.1, -0.05) is 17.7 Å². The van der Waals surface area contributed by atoms with Gasteiger partial charge in [0.15, 0.2) is 0 Å². The van der Waals surface area contributed by atoms with Gasteiger partial charge in [0.05, 0.1) is 11.1 Å². The Labute approximate surface area is 105 Å². The second-order valence-corrected chi connectivity index (χ2v) is 5.58. The first-order valence-corrected chi connectivity index (χ1v) is 6.89. The monoisotopic (exact) mass is 258 g/mol. The van der Waals surface area contributed by atoms with Crippen molar-refractivity contribution >= 4 is 23.4 Å². The van der Waals surface area contributed by atoms with Crippen molar-refractivity contribution in [1.82, 2.24) is 0 Å². The summed E-state index contributed by atoms with van der Waals surface area (Å²) in [6.45, 7) is 1.77. The minimum Gasteiger partial charge on any atom is -0.487 e. The van der Waals surface area contributed by atoms with E-state index in [2.05, 4.69) is 0 Å². The smallest absolute Gasteiger partial charge is 0.138 e. The van der Waals surface area contributed by atoms with E-state index >= 15 is 0 Å². The van der Waals surface area contributed by atoms with Crippen molar-refractivity contribution < 1.29 is 9.84 Å². The van der Waals surface area contributed by atoms with Crippen LogP contribution in [-0.2, 0) is 6.42 Å². The molecule has 0 aromatic heterocycles. The maximum Gasteiger partial charge on any atom is 0.138 e. The number of halogens is 1. The summed E-state index contributed by atoms with van der Waals surface area (Å²) in [6, 6.07) is 5.72. The van der Waals surface area contributed by atoms with Gasteiger partial charge < -0.3 is 9.84 Å². The molecule has 0 saturated carbocycles. The van der Waals surface area contributed by atoms with E-state index in [0.717, 1.165) is 22.8 Å². The molecule has 4 heteroatoms. The van der Waals surface area contributed by atoms with Gasteiger partial charge in [-0.2, -0.15) is 11.8 Å². The Hall–Kier alpha value is -0.380. The molecule has 0 amide bonds. The lowest BCUT2D eigenvalue weighted by Crippen LogP contribution is -2.31. The molecule has 1 aliphatic rings. The maximum atomic E-state index is 9.28. The topological polar surface area (TPSA) is 29.5 Å². The molecule has 88 valence electrons. The molecule has 0 spiro atoms. The first kappa shape index (κ1) is 12.1. The van der Waals surface area contributed by atoms with Crippen LogP contribution in [0, 0.1) is 0 Å². The van der Waals surface area contributed by atoms with Crippen LogP contribution in [0.5, 0.6) is 5.75 Å². The molecule has 0 bridgehead atoms. The van der Waals surface area contributed by atoms with Crippen molar-refractivity contribution in [3.63, 3.8) is 0 Å². The van der Waals surface area contributed by atoms with E-state index in [-0.39, 0.29) is 6.10 Å². The average molecular weight is 259 g/mol. The molecule has 0 aliphatic carbocycles. The molecule has 1 unspecified atom stereocenters. The molecule has 1 fully saturated rings. The SMILES string of the molecule is CC(O)Cc1ccc(OC2CSC2)c(Cl)c1. The Morgan fingerprint density at radius 3 is 2.81 bits per heavy atom. The molecular formula is C12H15ClO2S. The van der Waals surface area contributed by atoms with Crippen molar-refractivity contribution in [2.45, 2.75) is 25.6 Å². The van der Waals surface area contributed by atoms with Crippen LogP contribution in [0.4, 0.5) is 0 Å². The van der Waals surface area contributed by atoms with E-state index in [1.54, 1.807) is 6.92 Å². The number of benzene rings is 1. The number of hydrogen-bond donors (Lipinski definition) is 1. The van der Waals surface area contributed by atoms with Crippen LogP contribution in [0.3, 0.4) is 0 Å². The largest absolute Gasteiger partial charge is 0.487 e. The van der Waals surface area contributed by atoms with Gasteiger partial charge in [0.25, 0.3) is 0 Å². The lowest BCUT2D eigenvalue weighted by molar-refractivity contribution is 0.195. The third-order valence-electron chi connectivity index (χ3n) is 2.43. The zero-order chi connectivity index (χ0) is 11.5. The summed E-state index contributed by atoms with van der Waals surface area (Å²) < 4.78 is 5.73. The van der Waals surface area contributed by atoms with Crippen LogP contribution >= 0.6 is 23.4 Å². The minimum atomic E-state index is -0.342. The fourth-order valence-electron chi connectivity index (χ4n) is 1.57. The molecule has 1 aromatic rings. The van der Waals surface area contributed by atoms with Gasteiger partial charge in [-0.05, 0) is 31.0 Å². The lowest BCUT2D eigenvalue weighted by atomic mass is 10.1. The van der Waals surface area contributed by atoms with Crippen LogP contribution in [0.25, 0.3) is 0 Å². The number of ether oxygens (including phenoxy) is 1. The van der Waals surface area contributed by atoms with Crippen LogP contribution in [0.2, 0.25) is 5.02 Å². The fourth-order valence-corrected chi connectivity index (χ4v) is 2.38. The highest BCUT2D eigenvalue weighted by Crippen LogP contribution is 2.30. The number of aliphatic hydroxyl groups excluding tert-OH is 1. The summed E-state index contributed by atoms with van der Waals surface area (Å²) in [5.74, 6) is 2.85. The zero-order valence-electron chi connectivity index (χ0n) is 9.15. The lowest BCUT2D eigenvalue weighted by Gasteiger charge is -2.26. The summed E-state index contributed by atoms with van der Waals surface area (Å²) in [4.78, 5) is 0. The summed E-state index contributed by atoms with van der Waals surface area (Å²) in [6.07, 6.45) is 0.593.